The summed E-state index contributed by atoms with van der Waals surface area (Å²) in [5.41, 5.74) is 7.84. The molecule has 0 radical (unpaired) electrons. The molecule has 1 amide bonds. The molecule has 0 unspecified atom stereocenters. The van der Waals surface area contributed by atoms with E-state index in [-0.39, 0.29) is 29.3 Å². The standard InChI is InChI=1S/C19H23N3O3S.ClH/c1-14-6-8-17(9-7-14)21(2)26(24,25)18-5-3-4-15(12-18)19(23)22-11-10-16(20)13-22;/h3-9,12,16H,10-11,13,20H2,1-2H3;1H/t16-;/m1./s1. The molecule has 1 aliphatic rings. The summed E-state index contributed by atoms with van der Waals surface area (Å²) >= 11 is 0. The highest BCUT2D eigenvalue weighted by Gasteiger charge is 2.27. The van der Waals surface area contributed by atoms with Gasteiger partial charge in [0.05, 0.1) is 10.6 Å². The van der Waals surface area contributed by atoms with Crippen LogP contribution in [-0.2, 0) is 10.0 Å². The summed E-state index contributed by atoms with van der Waals surface area (Å²) in [6.45, 7) is 3.04. The SMILES string of the molecule is Cc1ccc(N(C)S(=O)(=O)c2cccc(C(=O)N3CC[C@@H](N)C3)c2)cc1.Cl. The number of likely N-dealkylation sites (tertiary alicyclic amines) is 1. The van der Waals surface area contributed by atoms with E-state index in [1.807, 2.05) is 19.1 Å². The molecular weight excluding hydrogens is 386 g/mol. The molecule has 146 valence electrons. The minimum Gasteiger partial charge on any atom is -0.337 e. The highest BCUT2D eigenvalue weighted by atomic mass is 35.5. The lowest BCUT2D eigenvalue weighted by Gasteiger charge is -2.21. The van der Waals surface area contributed by atoms with E-state index in [9.17, 15) is 13.2 Å². The van der Waals surface area contributed by atoms with Crippen LogP contribution in [0.2, 0.25) is 0 Å². The first kappa shape index (κ1) is 21.2. The lowest BCUT2D eigenvalue weighted by atomic mass is 10.2. The number of sulfonamides is 1. The molecule has 2 aromatic carbocycles. The van der Waals surface area contributed by atoms with E-state index in [1.54, 1.807) is 29.2 Å². The molecule has 1 aliphatic heterocycles. The van der Waals surface area contributed by atoms with Crippen LogP contribution in [0.15, 0.2) is 53.4 Å². The Kier molecular flexibility index (Phi) is 6.51. The first-order valence-electron chi connectivity index (χ1n) is 8.49. The number of nitrogens with zero attached hydrogens (tertiary/aromatic N) is 2. The Hall–Kier alpha value is -2.09. The molecule has 1 saturated heterocycles. The van der Waals surface area contributed by atoms with Crippen LogP contribution in [0.1, 0.15) is 22.3 Å². The second-order valence-corrected chi connectivity index (χ2v) is 8.61. The molecule has 0 aliphatic carbocycles. The molecule has 1 fully saturated rings. The topological polar surface area (TPSA) is 83.7 Å². The third-order valence-electron chi connectivity index (χ3n) is 4.65. The maximum atomic E-state index is 12.9. The van der Waals surface area contributed by atoms with E-state index in [2.05, 4.69) is 0 Å². The zero-order valence-electron chi connectivity index (χ0n) is 15.3. The smallest absolute Gasteiger partial charge is 0.264 e. The van der Waals surface area contributed by atoms with Crippen molar-refractivity contribution >= 4 is 34.0 Å². The number of benzene rings is 2. The lowest BCUT2D eigenvalue weighted by Crippen LogP contribution is -2.32. The molecule has 6 nitrogen and oxygen atoms in total. The van der Waals surface area contributed by atoms with Gasteiger partial charge >= 0.3 is 0 Å². The molecule has 1 atom stereocenters. The predicted molar refractivity (Wildman–Crippen MR) is 109 cm³/mol. The molecule has 1 heterocycles. The molecule has 2 aromatic rings. The number of carbonyl (C=O) groups is 1. The highest BCUT2D eigenvalue weighted by molar-refractivity contribution is 7.92. The summed E-state index contributed by atoms with van der Waals surface area (Å²) in [5.74, 6) is -0.187. The molecule has 0 bridgehead atoms. The van der Waals surface area contributed by atoms with Gasteiger partial charge < -0.3 is 10.6 Å². The molecule has 0 aromatic heterocycles. The zero-order valence-corrected chi connectivity index (χ0v) is 17.0. The van der Waals surface area contributed by atoms with E-state index < -0.39 is 10.0 Å². The number of nitrogens with two attached hydrogens (primary N) is 1. The fourth-order valence-corrected chi connectivity index (χ4v) is 4.24. The molecule has 8 heteroatoms. The maximum absolute atomic E-state index is 12.9. The number of hydrogen-bond donors (Lipinski definition) is 1. The molecule has 0 saturated carbocycles. The monoisotopic (exact) mass is 409 g/mol. The predicted octanol–water partition coefficient (Wildman–Crippen LogP) is 2.42. The van der Waals surface area contributed by atoms with Crippen molar-refractivity contribution in [2.45, 2.75) is 24.3 Å². The number of rotatable bonds is 4. The first-order valence-corrected chi connectivity index (χ1v) is 9.93. The average molecular weight is 410 g/mol. The van der Waals surface area contributed by atoms with E-state index in [0.717, 1.165) is 12.0 Å². The van der Waals surface area contributed by atoms with Crippen LogP contribution >= 0.6 is 12.4 Å². The Bertz CT molecular complexity index is 916. The first-order chi connectivity index (χ1) is 12.3. The second-order valence-electron chi connectivity index (χ2n) is 6.64. The van der Waals surface area contributed by atoms with Crippen LogP contribution in [-0.4, -0.2) is 45.4 Å². The van der Waals surface area contributed by atoms with Gasteiger partial charge in [0.15, 0.2) is 0 Å². The van der Waals surface area contributed by atoms with Crippen LogP contribution in [0.5, 0.6) is 0 Å². The Balaban J connectivity index is 0.00000261. The van der Waals surface area contributed by atoms with Gasteiger partial charge in [-0.15, -0.1) is 12.4 Å². The fraction of sp³-hybridized carbons (Fsp3) is 0.316. The Morgan fingerprint density at radius 1 is 1.19 bits per heavy atom. The third-order valence-corrected chi connectivity index (χ3v) is 6.43. The maximum Gasteiger partial charge on any atom is 0.264 e. The highest BCUT2D eigenvalue weighted by Crippen LogP contribution is 2.23. The van der Waals surface area contributed by atoms with Crippen LogP contribution in [0, 0.1) is 6.92 Å². The summed E-state index contributed by atoms with van der Waals surface area (Å²) < 4.78 is 27.1. The van der Waals surface area contributed by atoms with Gasteiger partial charge in [-0.05, 0) is 43.7 Å². The van der Waals surface area contributed by atoms with Crippen molar-refractivity contribution in [1.29, 1.82) is 0 Å². The number of aryl methyl sites for hydroxylation is 1. The normalized spacial score (nSPS) is 16.7. The van der Waals surface area contributed by atoms with Crippen molar-refractivity contribution in [1.82, 2.24) is 4.90 Å². The van der Waals surface area contributed by atoms with Gasteiger partial charge in [-0.1, -0.05) is 23.8 Å². The Morgan fingerprint density at radius 3 is 2.44 bits per heavy atom. The van der Waals surface area contributed by atoms with Gasteiger partial charge in [-0.25, -0.2) is 8.42 Å². The average Bonchev–Trinajstić information content (AvgIpc) is 3.07. The zero-order chi connectivity index (χ0) is 18.9. The molecule has 3 rings (SSSR count). The van der Waals surface area contributed by atoms with Crippen molar-refractivity contribution < 1.29 is 13.2 Å². The molecular formula is C19H24ClN3O3S. The largest absolute Gasteiger partial charge is 0.337 e. The van der Waals surface area contributed by atoms with Crippen LogP contribution in [0.4, 0.5) is 5.69 Å². The minimum atomic E-state index is -3.76. The van der Waals surface area contributed by atoms with Gasteiger partial charge in [-0.2, -0.15) is 0 Å². The van der Waals surface area contributed by atoms with E-state index in [4.69, 9.17) is 5.73 Å². The minimum absolute atomic E-state index is 0. The number of amides is 1. The second kappa shape index (κ2) is 8.29. The van der Waals surface area contributed by atoms with Gasteiger partial charge in [0.2, 0.25) is 0 Å². The van der Waals surface area contributed by atoms with Gasteiger partial charge in [0, 0.05) is 31.7 Å². The molecule has 2 N–H and O–H groups in total. The van der Waals surface area contributed by atoms with E-state index in [0.29, 0.717) is 24.3 Å². The summed E-state index contributed by atoms with van der Waals surface area (Å²) in [6.07, 6.45) is 0.764. The van der Waals surface area contributed by atoms with E-state index >= 15 is 0 Å². The van der Waals surface area contributed by atoms with E-state index in [1.165, 1.54) is 23.5 Å². The fourth-order valence-electron chi connectivity index (χ4n) is 3.00. The summed E-state index contributed by atoms with van der Waals surface area (Å²) in [4.78, 5) is 14.4. The van der Waals surface area contributed by atoms with Crippen molar-refractivity contribution in [3.05, 3.63) is 59.7 Å². The summed E-state index contributed by atoms with van der Waals surface area (Å²) in [5, 5.41) is 0. The number of anilines is 1. The van der Waals surface area contributed by atoms with Crippen LogP contribution in [0.25, 0.3) is 0 Å². The van der Waals surface area contributed by atoms with Crippen molar-refractivity contribution in [3.63, 3.8) is 0 Å². The number of halogens is 1. The Morgan fingerprint density at radius 2 is 1.85 bits per heavy atom. The van der Waals surface area contributed by atoms with Crippen LogP contribution < -0.4 is 10.0 Å². The van der Waals surface area contributed by atoms with Gasteiger partial charge in [-0.3, -0.25) is 9.10 Å². The molecule has 27 heavy (non-hydrogen) atoms. The lowest BCUT2D eigenvalue weighted by molar-refractivity contribution is 0.0790. The van der Waals surface area contributed by atoms with Gasteiger partial charge in [0.1, 0.15) is 0 Å². The summed E-state index contributed by atoms with van der Waals surface area (Å²) in [6, 6.07) is 13.4. The van der Waals surface area contributed by atoms with Gasteiger partial charge in [0.25, 0.3) is 15.9 Å². The van der Waals surface area contributed by atoms with Crippen molar-refractivity contribution in [3.8, 4) is 0 Å². The number of carbonyl (C=O) groups excluding carboxylic acids is 1. The Labute approximate surface area is 166 Å². The summed E-state index contributed by atoms with van der Waals surface area (Å²) in [7, 11) is -2.25. The van der Waals surface area contributed by atoms with Crippen molar-refractivity contribution in [2.24, 2.45) is 5.73 Å². The quantitative estimate of drug-likeness (QED) is 0.840. The number of hydrogen-bond acceptors (Lipinski definition) is 4. The van der Waals surface area contributed by atoms with Crippen molar-refractivity contribution in [2.75, 3.05) is 24.4 Å². The third kappa shape index (κ3) is 4.43. The van der Waals surface area contributed by atoms with Crippen LogP contribution in [0.3, 0.4) is 0 Å². The molecule has 0 spiro atoms.